The summed E-state index contributed by atoms with van der Waals surface area (Å²) >= 11 is 2.92. The molecule has 39 heavy (non-hydrogen) atoms. The maximum Gasteiger partial charge on any atom is 0.414 e. The number of likely N-dealkylation sites (tertiary alicyclic amines) is 1. The molecule has 1 N–H and O–H groups in total. The Bertz CT molecular complexity index is 1480. The number of thiophene rings is 2. The van der Waals surface area contributed by atoms with Crippen molar-refractivity contribution in [3.05, 3.63) is 47.6 Å². The van der Waals surface area contributed by atoms with E-state index < -0.39 is 33.7 Å². The lowest BCUT2D eigenvalue weighted by Crippen LogP contribution is -2.62. The Labute approximate surface area is 234 Å². The van der Waals surface area contributed by atoms with Crippen molar-refractivity contribution in [1.29, 1.82) is 0 Å². The molecule has 2 saturated heterocycles. The number of Topliss-reactive ketones (excluding diaryl/α,β-unsaturated/α-hetero) is 1. The normalized spacial score (nSPS) is 23.2. The van der Waals surface area contributed by atoms with Gasteiger partial charge in [0.15, 0.2) is 10.8 Å². The van der Waals surface area contributed by atoms with Crippen molar-refractivity contribution in [2.75, 3.05) is 13.1 Å². The molecular formula is C26H28N4O6S3. The van der Waals surface area contributed by atoms with Gasteiger partial charge in [-0.2, -0.15) is 4.31 Å². The zero-order valence-electron chi connectivity index (χ0n) is 21.1. The Balaban J connectivity index is 1.19. The van der Waals surface area contributed by atoms with Gasteiger partial charge in [0, 0.05) is 28.2 Å². The number of carbonyl (C=O) groups excluding carboxylic acids is 3. The molecule has 0 spiro atoms. The van der Waals surface area contributed by atoms with Gasteiger partial charge in [-0.15, -0.1) is 11.3 Å². The van der Waals surface area contributed by atoms with Crippen LogP contribution in [0.15, 0.2) is 41.9 Å². The molecule has 2 unspecified atom stereocenters. The highest BCUT2D eigenvalue weighted by atomic mass is 32.2. The first kappa shape index (κ1) is 26.4. The summed E-state index contributed by atoms with van der Waals surface area (Å²) in [6.07, 6.45) is 4.50. The number of sulfonamides is 1. The molecule has 2 amide bonds. The lowest BCUT2D eigenvalue weighted by molar-refractivity contribution is -0.143. The molecule has 0 radical (unpaired) electrons. The second-order valence-corrected chi connectivity index (χ2v) is 14.2. The topological polar surface area (TPSA) is 126 Å². The van der Waals surface area contributed by atoms with Crippen LogP contribution >= 0.6 is 22.7 Å². The number of hydrogen-bond donors (Lipinski definition) is 1. The number of pyridine rings is 1. The maximum absolute atomic E-state index is 14.1. The zero-order valence-corrected chi connectivity index (χ0v) is 23.5. The average Bonchev–Trinajstić information content (AvgIpc) is 3.67. The van der Waals surface area contributed by atoms with Crippen molar-refractivity contribution in [1.82, 2.24) is 19.5 Å². The SMILES string of the molecule is O=C(NC1(C(=O)N2CCC3C2C(=O)CN3S(=O)(=O)Cc2ccccn2)CCCCC1)Oc1cc2sccc2s1. The zero-order chi connectivity index (χ0) is 27.2. The van der Waals surface area contributed by atoms with Crippen LogP contribution in [0.25, 0.3) is 9.40 Å². The predicted octanol–water partition coefficient (Wildman–Crippen LogP) is 3.53. The minimum absolute atomic E-state index is 0.245. The van der Waals surface area contributed by atoms with Gasteiger partial charge in [-0.3, -0.25) is 14.6 Å². The number of ether oxygens (including phenoxy) is 1. The number of nitrogens with one attached hydrogen (secondary N) is 1. The van der Waals surface area contributed by atoms with Crippen LogP contribution in [0.5, 0.6) is 5.06 Å². The molecule has 0 aromatic carbocycles. The summed E-state index contributed by atoms with van der Waals surface area (Å²) < 4.78 is 35.4. The number of amides is 2. The summed E-state index contributed by atoms with van der Waals surface area (Å²) in [5.74, 6) is -0.949. The van der Waals surface area contributed by atoms with Crippen LogP contribution in [0.2, 0.25) is 0 Å². The molecule has 6 rings (SSSR count). The van der Waals surface area contributed by atoms with Crippen molar-refractivity contribution in [3.8, 4) is 5.06 Å². The molecule has 2 atom stereocenters. The van der Waals surface area contributed by atoms with Crippen molar-refractivity contribution < 1.29 is 27.5 Å². The first-order valence-electron chi connectivity index (χ1n) is 13.0. The molecule has 3 aromatic rings. The van der Waals surface area contributed by atoms with Crippen LogP contribution in [0.1, 0.15) is 44.2 Å². The number of aromatic nitrogens is 1. The van der Waals surface area contributed by atoms with E-state index in [2.05, 4.69) is 10.3 Å². The Morgan fingerprint density at radius 1 is 1.15 bits per heavy atom. The van der Waals surface area contributed by atoms with E-state index in [1.54, 1.807) is 29.5 Å². The lowest BCUT2D eigenvalue weighted by Gasteiger charge is -2.40. The fraction of sp³-hybridized carbons (Fsp3) is 0.462. The largest absolute Gasteiger partial charge is 0.414 e. The third kappa shape index (κ3) is 4.96. The van der Waals surface area contributed by atoms with Crippen LogP contribution in [0.4, 0.5) is 4.79 Å². The van der Waals surface area contributed by atoms with E-state index in [1.165, 1.54) is 26.7 Å². The van der Waals surface area contributed by atoms with Crippen molar-refractivity contribution in [2.24, 2.45) is 0 Å². The number of rotatable bonds is 6. The van der Waals surface area contributed by atoms with Gasteiger partial charge in [0.2, 0.25) is 15.9 Å². The second-order valence-electron chi connectivity index (χ2n) is 10.3. The van der Waals surface area contributed by atoms with Crippen LogP contribution in [0.3, 0.4) is 0 Å². The Kier molecular flexibility index (Phi) is 6.94. The van der Waals surface area contributed by atoms with Crippen LogP contribution in [-0.4, -0.2) is 71.1 Å². The third-order valence-corrected chi connectivity index (χ3v) is 11.6. The van der Waals surface area contributed by atoms with Gasteiger partial charge < -0.3 is 15.0 Å². The molecule has 3 fully saturated rings. The summed E-state index contributed by atoms with van der Waals surface area (Å²) in [6.45, 7) is -0.0263. The quantitative estimate of drug-likeness (QED) is 0.467. The van der Waals surface area contributed by atoms with Crippen molar-refractivity contribution in [3.63, 3.8) is 0 Å². The van der Waals surface area contributed by atoms with Gasteiger partial charge in [0.25, 0.3) is 0 Å². The number of fused-ring (bicyclic) bond motifs is 2. The van der Waals surface area contributed by atoms with Crippen LogP contribution < -0.4 is 10.1 Å². The summed E-state index contributed by atoms with van der Waals surface area (Å²) in [7, 11) is -3.83. The summed E-state index contributed by atoms with van der Waals surface area (Å²) in [5.41, 5.74) is -0.798. The molecule has 5 heterocycles. The smallest absolute Gasteiger partial charge is 0.399 e. The van der Waals surface area contributed by atoms with Crippen molar-refractivity contribution >= 4 is 59.9 Å². The van der Waals surface area contributed by atoms with E-state index in [9.17, 15) is 22.8 Å². The molecule has 1 aliphatic carbocycles. The van der Waals surface area contributed by atoms with E-state index in [4.69, 9.17) is 4.74 Å². The minimum Gasteiger partial charge on any atom is -0.399 e. The molecule has 3 aliphatic rings. The Morgan fingerprint density at radius 2 is 1.97 bits per heavy atom. The van der Waals surface area contributed by atoms with E-state index >= 15 is 0 Å². The fourth-order valence-corrected chi connectivity index (χ4v) is 9.66. The minimum atomic E-state index is -3.83. The van der Waals surface area contributed by atoms with Gasteiger partial charge in [0.05, 0.1) is 18.3 Å². The van der Waals surface area contributed by atoms with E-state index in [1.807, 2.05) is 17.5 Å². The van der Waals surface area contributed by atoms with Crippen LogP contribution in [-0.2, 0) is 25.4 Å². The summed E-state index contributed by atoms with van der Waals surface area (Å²) in [6, 6.07) is 7.34. The summed E-state index contributed by atoms with van der Waals surface area (Å²) in [5, 5.41) is 5.29. The Hall–Kier alpha value is -2.87. The second kappa shape index (κ2) is 10.3. The molecule has 3 aromatic heterocycles. The number of nitrogens with zero attached hydrogens (tertiary/aromatic N) is 3. The van der Waals surface area contributed by atoms with Gasteiger partial charge in [0.1, 0.15) is 17.3 Å². The van der Waals surface area contributed by atoms with Gasteiger partial charge >= 0.3 is 6.09 Å². The predicted molar refractivity (Wildman–Crippen MR) is 147 cm³/mol. The first-order valence-corrected chi connectivity index (χ1v) is 16.3. The van der Waals surface area contributed by atoms with E-state index in [0.29, 0.717) is 30.0 Å². The van der Waals surface area contributed by atoms with Crippen molar-refractivity contribution in [2.45, 2.75) is 61.9 Å². The molecule has 2 aliphatic heterocycles. The number of carbonyl (C=O) groups is 3. The fourth-order valence-electron chi connectivity index (χ4n) is 6.04. The lowest BCUT2D eigenvalue weighted by atomic mass is 9.80. The van der Waals surface area contributed by atoms with Gasteiger partial charge in [-0.1, -0.05) is 36.7 Å². The van der Waals surface area contributed by atoms with Gasteiger partial charge in [-0.25, -0.2) is 13.2 Å². The first-order chi connectivity index (χ1) is 18.8. The summed E-state index contributed by atoms with van der Waals surface area (Å²) in [4.78, 5) is 45.8. The third-order valence-electron chi connectivity index (χ3n) is 7.82. The Morgan fingerprint density at radius 3 is 2.72 bits per heavy atom. The highest BCUT2D eigenvalue weighted by molar-refractivity contribution is 7.88. The molecule has 13 heteroatoms. The molecule has 0 bridgehead atoms. The number of hydrogen-bond acceptors (Lipinski definition) is 9. The average molecular weight is 589 g/mol. The molecular weight excluding hydrogens is 561 g/mol. The highest BCUT2D eigenvalue weighted by Gasteiger charge is 2.56. The number of ketones is 1. The molecule has 206 valence electrons. The standard InChI is InChI=1S/C26H28N4O6S3/c31-19-15-30(39(34,35)16-17-6-2-5-11-27-17)18-7-12-29(23(18)19)24(32)26(9-3-1-4-10-26)28-25(33)36-22-14-21-20(38-22)8-13-37-21/h2,5-6,8,11,13-14,18,23H,1,3-4,7,9-10,12,15-16H2,(H,28,33). The van der Waals surface area contributed by atoms with E-state index in [0.717, 1.165) is 28.7 Å². The highest BCUT2D eigenvalue weighted by Crippen LogP contribution is 2.38. The molecule has 1 saturated carbocycles. The monoisotopic (exact) mass is 588 g/mol. The molecule has 10 nitrogen and oxygen atoms in total. The van der Waals surface area contributed by atoms with Gasteiger partial charge in [-0.05, 0) is 42.8 Å². The van der Waals surface area contributed by atoms with Crippen LogP contribution in [0, 0.1) is 0 Å². The maximum atomic E-state index is 14.1. The van der Waals surface area contributed by atoms with E-state index in [-0.39, 0.29) is 30.5 Å².